The van der Waals surface area contributed by atoms with Gasteiger partial charge in [0.1, 0.15) is 0 Å². The molecule has 0 aliphatic heterocycles. The summed E-state index contributed by atoms with van der Waals surface area (Å²) in [6.45, 7) is 3.12. The van der Waals surface area contributed by atoms with Gasteiger partial charge in [-0.1, -0.05) is 24.6 Å². The lowest BCUT2D eigenvalue weighted by Crippen LogP contribution is -1.99. The van der Waals surface area contributed by atoms with Gasteiger partial charge >= 0.3 is 5.97 Å². The van der Waals surface area contributed by atoms with Crippen molar-refractivity contribution in [2.45, 2.75) is 20.0 Å². The van der Waals surface area contributed by atoms with Crippen molar-refractivity contribution in [3.63, 3.8) is 0 Å². The van der Waals surface area contributed by atoms with Crippen molar-refractivity contribution in [1.82, 2.24) is 0 Å². The van der Waals surface area contributed by atoms with Crippen LogP contribution in [-0.4, -0.2) is 17.7 Å². The van der Waals surface area contributed by atoms with E-state index in [9.17, 15) is 4.79 Å². The average Bonchev–Trinajstić information content (AvgIpc) is 2.20. The fourth-order valence-electron chi connectivity index (χ4n) is 1.12. The maximum absolute atomic E-state index is 10.6. The Morgan fingerprint density at radius 1 is 1.53 bits per heavy atom. The summed E-state index contributed by atoms with van der Waals surface area (Å²) in [6.07, 6.45) is 0.949. The van der Waals surface area contributed by atoms with E-state index in [4.69, 9.17) is 21.4 Å². The van der Waals surface area contributed by atoms with E-state index < -0.39 is 5.97 Å². The SMILES string of the molecule is CCCOCc1ccc(C(=O)O)cc1Cl. The molecule has 0 aliphatic rings. The number of carbonyl (C=O) groups is 1. The van der Waals surface area contributed by atoms with E-state index in [0.717, 1.165) is 12.0 Å². The Balaban J connectivity index is 2.70. The number of carboxylic acid groups (broad SMARTS) is 1. The van der Waals surface area contributed by atoms with Crippen LogP contribution in [0.2, 0.25) is 5.02 Å². The summed E-state index contributed by atoms with van der Waals surface area (Å²) in [5, 5.41) is 9.16. The Labute approximate surface area is 93.6 Å². The molecule has 0 atom stereocenters. The van der Waals surface area contributed by atoms with Crippen LogP contribution < -0.4 is 0 Å². The highest BCUT2D eigenvalue weighted by Gasteiger charge is 2.06. The van der Waals surface area contributed by atoms with Crippen LogP contribution in [0.15, 0.2) is 18.2 Å². The Kier molecular flexibility index (Phi) is 4.59. The fourth-order valence-corrected chi connectivity index (χ4v) is 1.36. The molecule has 1 rings (SSSR count). The van der Waals surface area contributed by atoms with Gasteiger partial charge in [0.15, 0.2) is 0 Å². The zero-order chi connectivity index (χ0) is 11.3. The summed E-state index contributed by atoms with van der Waals surface area (Å²) in [5.41, 5.74) is 1.01. The summed E-state index contributed by atoms with van der Waals surface area (Å²) in [7, 11) is 0. The minimum absolute atomic E-state index is 0.194. The number of halogens is 1. The third kappa shape index (κ3) is 3.53. The van der Waals surface area contributed by atoms with Crippen LogP contribution in [0.5, 0.6) is 0 Å². The normalized spacial score (nSPS) is 10.3. The van der Waals surface area contributed by atoms with Crippen LogP contribution in [0.25, 0.3) is 0 Å². The maximum Gasteiger partial charge on any atom is 0.335 e. The summed E-state index contributed by atoms with van der Waals surface area (Å²) in [5.74, 6) is -0.974. The molecule has 0 amide bonds. The Morgan fingerprint density at radius 3 is 2.80 bits per heavy atom. The fraction of sp³-hybridized carbons (Fsp3) is 0.364. The van der Waals surface area contributed by atoms with Crippen molar-refractivity contribution >= 4 is 17.6 Å². The van der Waals surface area contributed by atoms with Crippen molar-refractivity contribution in [3.05, 3.63) is 34.3 Å². The molecule has 0 bridgehead atoms. The van der Waals surface area contributed by atoms with Crippen molar-refractivity contribution in [2.75, 3.05) is 6.61 Å². The van der Waals surface area contributed by atoms with Gasteiger partial charge in [0.05, 0.1) is 12.2 Å². The maximum atomic E-state index is 10.6. The molecule has 1 aromatic carbocycles. The molecule has 0 aliphatic carbocycles. The third-order valence-corrected chi connectivity index (χ3v) is 2.26. The summed E-state index contributed by atoms with van der Waals surface area (Å²) in [6, 6.07) is 4.65. The van der Waals surface area contributed by atoms with Crippen molar-refractivity contribution in [3.8, 4) is 0 Å². The molecule has 0 saturated heterocycles. The van der Waals surface area contributed by atoms with Gasteiger partial charge in [-0.05, 0) is 24.1 Å². The zero-order valence-corrected chi connectivity index (χ0v) is 9.25. The monoisotopic (exact) mass is 228 g/mol. The molecular weight excluding hydrogens is 216 g/mol. The molecule has 0 heterocycles. The first-order valence-electron chi connectivity index (χ1n) is 4.74. The van der Waals surface area contributed by atoms with Gasteiger partial charge in [0.2, 0.25) is 0 Å². The first-order valence-corrected chi connectivity index (χ1v) is 5.12. The number of aromatic carboxylic acids is 1. The van der Waals surface area contributed by atoms with Crippen LogP contribution in [0.3, 0.4) is 0 Å². The highest BCUT2D eigenvalue weighted by Crippen LogP contribution is 2.18. The molecule has 3 nitrogen and oxygen atoms in total. The van der Waals surface area contributed by atoms with Crippen molar-refractivity contribution in [1.29, 1.82) is 0 Å². The minimum atomic E-state index is -0.974. The quantitative estimate of drug-likeness (QED) is 0.789. The number of benzene rings is 1. The van der Waals surface area contributed by atoms with E-state index in [2.05, 4.69) is 0 Å². The zero-order valence-electron chi connectivity index (χ0n) is 8.50. The number of carboxylic acids is 1. The van der Waals surface area contributed by atoms with Crippen LogP contribution in [0.1, 0.15) is 29.3 Å². The number of hydrogen-bond acceptors (Lipinski definition) is 2. The molecule has 0 saturated carbocycles. The Bertz CT molecular complexity index is 350. The van der Waals surface area contributed by atoms with Gasteiger partial charge in [-0.2, -0.15) is 0 Å². The lowest BCUT2D eigenvalue weighted by atomic mass is 10.1. The van der Waals surface area contributed by atoms with Gasteiger partial charge in [-0.25, -0.2) is 4.79 Å². The van der Waals surface area contributed by atoms with E-state index >= 15 is 0 Å². The lowest BCUT2D eigenvalue weighted by molar-refractivity contribution is 0.0696. The first-order chi connectivity index (χ1) is 7.15. The van der Waals surface area contributed by atoms with E-state index in [-0.39, 0.29) is 5.56 Å². The van der Waals surface area contributed by atoms with Crippen LogP contribution in [0, 0.1) is 0 Å². The van der Waals surface area contributed by atoms with E-state index in [1.54, 1.807) is 6.07 Å². The summed E-state index contributed by atoms with van der Waals surface area (Å²) >= 11 is 5.91. The number of ether oxygens (including phenoxy) is 1. The van der Waals surface area contributed by atoms with Gasteiger partial charge in [0.25, 0.3) is 0 Å². The molecule has 82 valence electrons. The highest BCUT2D eigenvalue weighted by atomic mass is 35.5. The lowest BCUT2D eigenvalue weighted by Gasteiger charge is -2.05. The largest absolute Gasteiger partial charge is 0.478 e. The van der Waals surface area contributed by atoms with Crippen molar-refractivity contribution in [2.24, 2.45) is 0 Å². The van der Waals surface area contributed by atoms with Gasteiger partial charge in [0, 0.05) is 11.6 Å². The molecular formula is C11H13ClO3. The van der Waals surface area contributed by atoms with Crippen LogP contribution in [0.4, 0.5) is 0 Å². The van der Waals surface area contributed by atoms with Crippen molar-refractivity contribution < 1.29 is 14.6 Å². The van der Waals surface area contributed by atoms with Crippen LogP contribution in [-0.2, 0) is 11.3 Å². The van der Waals surface area contributed by atoms with Gasteiger partial charge in [-0.15, -0.1) is 0 Å². The molecule has 4 heteroatoms. The predicted octanol–water partition coefficient (Wildman–Crippen LogP) is 2.96. The number of hydrogen-bond donors (Lipinski definition) is 1. The standard InChI is InChI=1S/C11H13ClO3/c1-2-5-15-7-9-4-3-8(11(13)14)6-10(9)12/h3-4,6H,2,5,7H2,1H3,(H,13,14). The molecule has 0 radical (unpaired) electrons. The summed E-state index contributed by atoms with van der Waals surface area (Å²) in [4.78, 5) is 10.6. The second-order valence-electron chi connectivity index (χ2n) is 3.16. The van der Waals surface area contributed by atoms with Crippen LogP contribution >= 0.6 is 11.6 Å². The average molecular weight is 229 g/mol. The summed E-state index contributed by atoms with van der Waals surface area (Å²) < 4.78 is 5.32. The van der Waals surface area contributed by atoms with E-state index in [1.165, 1.54) is 12.1 Å². The Morgan fingerprint density at radius 2 is 2.27 bits per heavy atom. The molecule has 1 N–H and O–H groups in total. The van der Waals surface area contributed by atoms with Gasteiger partial charge in [-0.3, -0.25) is 0 Å². The Hall–Kier alpha value is -1.06. The van der Waals surface area contributed by atoms with E-state index in [0.29, 0.717) is 18.2 Å². The highest BCUT2D eigenvalue weighted by molar-refractivity contribution is 6.31. The third-order valence-electron chi connectivity index (χ3n) is 1.91. The second kappa shape index (κ2) is 5.73. The van der Waals surface area contributed by atoms with E-state index in [1.807, 2.05) is 6.92 Å². The molecule has 0 spiro atoms. The molecule has 1 aromatic rings. The van der Waals surface area contributed by atoms with Gasteiger partial charge < -0.3 is 9.84 Å². The predicted molar refractivity (Wildman–Crippen MR) is 58.4 cm³/mol. The minimum Gasteiger partial charge on any atom is -0.478 e. The molecule has 0 fully saturated rings. The second-order valence-corrected chi connectivity index (χ2v) is 3.57. The molecule has 0 aromatic heterocycles. The molecule has 15 heavy (non-hydrogen) atoms. The molecule has 0 unspecified atom stereocenters. The first kappa shape index (κ1) is 12.0. The number of rotatable bonds is 5. The topological polar surface area (TPSA) is 46.5 Å². The smallest absolute Gasteiger partial charge is 0.335 e.